The van der Waals surface area contributed by atoms with Gasteiger partial charge in [0.05, 0.1) is 32.8 Å². The van der Waals surface area contributed by atoms with Gasteiger partial charge >= 0.3 is 0 Å². The van der Waals surface area contributed by atoms with Crippen molar-refractivity contribution in [1.29, 1.82) is 0 Å². The summed E-state index contributed by atoms with van der Waals surface area (Å²) in [4.78, 5) is 17.7. The molecule has 2 fully saturated rings. The van der Waals surface area contributed by atoms with Gasteiger partial charge in [-0.3, -0.25) is 14.7 Å². The smallest absolute Gasteiger partial charge is 0.218 e. The van der Waals surface area contributed by atoms with E-state index in [-0.39, 0.29) is 6.10 Å². The first-order valence-corrected chi connectivity index (χ1v) is 11.9. The minimum atomic E-state index is 0.230. The van der Waals surface area contributed by atoms with Crippen molar-refractivity contribution in [3.63, 3.8) is 0 Å². The first-order valence-electron chi connectivity index (χ1n) is 11.9. The number of piperidine rings is 1. The standard InChI is InChI=1S/C26H38N4O3/c1-5-7-15-27-25(30(31-4)19-23-14-18-32-23)20-29-16-12-22(13-17-29)24-10-8-11-26(28-24)33-21(3)9-6-2/h5-11,22-23H,2,12-20H2,1,3-4H3/b7-5-,21-9?,27-25-/t23-/m0/s1. The molecule has 0 unspecified atom stereocenters. The number of likely N-dealkylation sites (tertiary alicyclic amines) is 1. The van der Waals surface area contributed by atoms with Gasteiger partial charge in [-0.1, -0.05) is 30.9 Å². The van der Waals surface area contributed by atoms with Crippen molar-refractivity contribution in [3.05, 3.63) is 60.5 Å². The average Bonchev–Trinajstić information content (AvgIpc) is 2.79. The number of aromatic nitrogens is 1. The Bertz CT molecular complexity index is 840. The van der Waals surface area contributed by atoms with E-state index in [4.69, 9.17) is 24.3 Å². The molecule has 3 heterocycles. The summed E-state index contributed by atoms with van der Waals surface area (Å²) in [7, 11) is 1.71. The van der Waals surface area contributed by atoms with E-state index in [9.17, 15) is 0 Å². The Labute approximate surface area is 198 Å². The third kappa shape index (κ3) is 7.81. The second kappa shape index (κ2) is 13.3. The van der Waals surface area contributed by atoms with Gasteiger partial charge in [-0.25, -0.2) is 10.0 Å². The molecule has 7 heteroatoms. The molecule has 0 aliphatic carbocycles. The number of nitrogens with zero attached hydrogens (tertiary/aromatic N) is 4. The van der Waals surface area contributed by atoms with Crippen LogP contribution in [0.25, 0.3) is 0 Å². The Hall–Kier alpha value is -2.48. The SMILES string of the molecule is C=CC=C(C)Oc1cccc(C2CCN(C/C(=N/C/C=C\C)N(C[C@@H]3CCO3)OC)CC2)n1. The van der Waals surface area contributed by atoms with Crippen LogP contribution in [0.5, 0.6) is 5.88 Å². The zero-order valence-corrected chi connectivity index (χ0v) is 20.3. The zero-order chi connectivity index (χ0) is 23.5. The quantitative estimate of drug-likeness (QED) is 0.124. The normalized spacial score (nSPS) is 20.6. The van der Waals surface area contributed by atoms with Gasteiger partial charge in [-0.05, 0) is 58.3 Å². The number of aliphatic imine (C=N–C) groups is 1. The molecular weight excluding hydrogens is 416 g/mol. The van der Waals surface area contributed by atoms with E-state index >= 15 is 0 Å². The predicted octanol–water partition coefficient (Wildman–Crippen LogP) is 4.36. The summed E-state index contributed by atoms with van der Waals surface area (Å²) in [6.07, 6.45) is 11.1. The van der Waals surface area contributed by atoms with E-state index in [0.29, 0.717) is 18.3 Å². The zero-order valence-electron chi connectivity index (χ0n) is 20.3. The van der Waals surface area contributed by atoms with Crippen molar-refractivity contribution in [1.82, 2.24) is 14.9 Å². The van der Waals surface area contributed by atoms with E-state index in [0.717, 1.165) is 69.3 Å². The Morgan fingerprint density at radius 3 is 2.76 bits per heavy atom. The van der Waals surface area contributed by atoms with Crippen molar-refractivity contribution >= 4 is 5.84 Å². The lowest BCUT2D eigenvalue weighted by Crippen LogP contribution is -2.47. The van der Waals surface area contributed by atoms with Crippen LogP contribution in [-0.4, -0.2) is 73.3 Å². The largest absolute Gasteiger partial charge is 0.444 e. The van der Waals surface area contributed by atoms with Crippen LogP contribution in [-0.2, 0) is 9.57 Å². The summed E-state index contributed by atoms with van der Waals surface area (Å²) in [6, 6.07) is 6.03. The Balaban J connectivity index is 1.58. The summed E-state index contributed by atoms with van der Waals surface area (Å²) in [5.74, 6) is 2.81. The van der Waals surface area contributed by atoms with Crippen LogP contribution in [0.4, 0.5) is 0 Å². The molecule has 1 atom stereocenters. The van der Waals surface area contributed by atoms with Gasteiger partial charge < -0.3 is 9.47 Å². The maximum atomic E-state index is 5.81. The highest BCUT2D eigenvalue weighted by Gasteiger charge is 2.27. The van der Waals surface area contributed by atoms with Gasteiger partial charge in [-0.15, -0.1) is 0 Å². The first-order chi connectivity index (χ1) is 16.1. The van der Waals surface area contributed by atoms with E-state index in [1.807, 2.05) is 43.2 Å². The Morgan fingerprint density at radius 2 is 2.12 bits per heavy atom. The van der Waals surface area contributed by atoms with Crippen molar-refractivity contribution in [3.8, 4) is 5.88 Å². The van der Waals surface area contributed by atoms with E-state index < -0.39 is 0 Å². The van der Waals surface area contributed by atoms with Crippen LogP contribution in [0.15, 0.2) is 59.8 Å². The fourth-order valence-corrected chi connectivity index (χ4v) is 4.04. The maximum absolute atomic E-state index is 5.81. The molecule has 0 aromatic carbocycles. The minimum Gasteiger partial charge on any atom is -0.444 e. The van der Waals surface area contributed by atoms with Gasteiger partial charge in [0.1, 0.15) is 11.6 Å². The van der Waals surface area contributed by atoms with Crippen molar-refractivity contribution in [2.24, 2.45) is 4.99 Å². The number of allylic oxidation sites excluding steroid dienone is 4. The fraction of sp³-hybridized carbons (Fsp3) is 0.538. The topological polar surface area (TPSA) is 59.4 Å². The second-order valence-electron chi connectivity index (χ2n) is 8.42. The summed E-state index contributed by atoms with van der Waals surface area (Å²) in [5.41, 5.74) is 1.10. The molecule has 0 N–H and O–H groups in total. The lowest BCUT2D eigenvalue weighted by Gasteiger charge is -2.36. The van der Waals surface area contributed by atoms with E-state index in [2.05, 4.69) is 23.6 Å². The lowest BCUT2D eigenvalue weighted by molar-refractivity contribution is -0.134. The third-order valence-electron chi connectivity index (χ3n) is 6.02. The molecule has 180 valence electrons. The van der Waals surface area contributed by atoms with Crippen molar-refractivity contribution in [2.75, 3.05) is 46.4 Å². The number of rotatable bonds is 11. The summed E-state index contributed by atoms with van der Waals surface area (Å²) >= 11 is 0. The number of hydrogen-bond acceptors (Lipinski definition) is 6. The Morgan fingerprint density at radius 1 is 1.33 bits per heavy atom. The highest BCUT2D eigenvalue weighted by Crippen LogP contribution is 2.28. The summed E-state index contributed by atoms with van der Waals surface area (Å²) < 4.78 is 11.4. The summed E-state index contributed by atoms with van der Waals surface area (Å²) in [5, 5.41) is 1.90. The van der Waals surface area contributed by atoms with Crippen LogP contribution >= 0.6 is 0 Å². The molecule has 1 aromatic heterocycles. The van der Waals surface area contributed by atoms with Gasteiger partial charge in [0.2, 0.25) is 5.88 Å². The van der Waals surface area contributed by atoms with E-state index in [1.165, 1.54) is 0 Å². The molecule has 0 radical (unpaired) electrons. The fourth-order valence-electron chi connectivity index (χ4n) is 4.04. The first kappa shape index (κ1) is 25.1. The summed E-state index contributed by atoms with van der Waals surface area (Å²) in [6.45, 7) is 12.6. The van der Waals surface area contributed by atoms with Crippen molar-refractivity contribution in [2.45, 2.75) is 45.1 Å². The monoisotopic (exact) mass is 454 g/mol. The lowest BCUT2D eigenvalue weighted by atomic mass is 9.93. The van der Waals surface area contributed by atoms with Gasteiger partial charge in [0.15, 0.2) is 0 Å². The second-order valence-corrected chi connectivity index (χ2v) is 8.42. The predicted molar refractivity (Wildman–Crippen MR) is 132 cm³/mol. The van der Waals surface area contributed by atoms with Gasteiger partial charge in [0, 0.05) is 24.3 Å². The van der Waals surface area contributed by atoms with Gasteiger partial charge in [-0.2, -0.15) is 0 Å². The highest BCUT2D eigenvalue weighted by atomic mass is 16.7. The van der Waals surface area contributed by atoms with Crippen LogP contribution < -0.4 is 4.74 Å². The van der Waals surface area contributed by atoms with Crippen molar-refractivity contribution < 1.29 is 14.3 Å². The molecule has 0 spiro atoms. The van der Waals surface area contributed by atoms with Gasteiger partial charge in [0.25, 0.3) is 0 Å². The number of pyridine rings is 1. The minimum absolute atomic E-state index is 0.230. The number of hydrogen-bond donors (Lipinski definition) is 0. The molecule has 0 saturated carbocycles. The molecule has 0 bridgehead atoms. The van der Waals surface area contributed by atoms with Crippen LogP contribution in [0.3, 0.4) is 0 Å². The highest BCUT2D eigenvalue weighted by molar-refractivity contribution is 5.83. The van der Waals surface area contributed by atoms with Crippen LogP contribution in [0.2, 0.25) is 0 Å². The molecular formula is C26H38N4O3. The average molecular weight is 455 g/mol. The molecule has 2 aliphatic heterocycles. The Kier molecular flexibility index (Phi) is 10.1. The maximum Gasteiger partial charge on any atom is 0.218 e. The van der Waals surface area contributed by atoms with Crippen LogP contribution in [0.1, 0.15) is 44.7 Å². The van der Waals surface area contributed by atoms with Crippen LogP contribution in [0, 0.1) is 0 Å². The molecule has 0 amide bonds. The molecule has 7 nitrogen and oxygen atoms in total. The third-order valence-corrected chi connectivity index (χ3v) is 6.02. The van der Waals surface area contributed by atoms with E-state index in [1.54, 1.807) is 13.2 Å². The number of ether oxygens (including phenoxy) is 2. The molecule has 2 aliphatic rings. The molecule has 2 saturated heterocycles. The number of amidine groups is 1. The molecule has 1 aromatic rings. The molecule has 3 rings (SSSR count). The number of hydroxylamine groups is 2. The molecule has 33 heavy (non-hydrogen) atoms.